The number of aryl methyl sites for hydroxylation is 1. The molecule has 1 aromatic heterocycles. The highest BCUT2D eigenvalue weighted by Crippen LogP contribution is 2.17. The molecule has 0 bridgehead atoms. The van der Waals surface area contributed by atoms with Gasteiger partial charge in [0.25, 0.3) is 0 Å². The summed E-state index contributed by atoms with van der Waals surface area (Å²) in [5.74, 6) is 0.725. The van der Waals surface area contributed by atoms with Crippen molar-refractivity contribution in [3.8, 4) is 0 Å². The summed E-state index contributed by atoms with van der Waals surface area (Å²) in [6.45, 7) is 2.80. The van der Waals surface area contributed by atoms with Gasteiger partial charge in [-0.2, -0.15) is 5.10 Å². The molecule has 0 aliphatic carbocycles. The van der Waals surface area contributed by atoms with Crippen molar-refractivity contribution in [3.05, 3.63) is 6.20 Å². The van der Waals surface area contributed by atoms with E-state index in [2.05, 4.69) is 10.4 Å². The van der Waals surface area contributed by atoms with Gasteiger partial charge in [-0.15, -0.1) is 0 Å². The normalized spacial score (nSPS) is 14.4. The summed E-state index contributed by atoms with van der Waals surface area (Å²) in [6, 6.07) is 0. The summed E-state index contributed by atoms with van der Waals surface area (Å²) in [4.78, 5) is 0. The molecule has 1 rings (SSSR count). The molecule has 7 heteroatoms. The molecule has 1 aromatic rings. The van der Waals surface area contributed by atoms with E-state index in [0.717, 1.165) is 18.8 Å². The topological polar surface area (TPSA) is 117 Å². The van der Waals surface area contributed by atoms with Gasteiger partial charge < -0.3 is 26.4 Å². The van der Waals surface area contributed by atoms with Gasteiger partial charge in [0, 0.05) is 13.1 Å². The first-order valence-electron chi connectivity index (χ1n) is 6.12. The van der Waals surface area contributed by atoms with E-state index in [1.54, 1.807) is 10.9 Å². The molecular formula is C11H22N4O3. The van der Waals surface area contributed by atoms with Crippen molar-refractivity contribution in [2.75, 3.05) is 24.2 Å². The second-order valence-corrected chi connectivity index (χ2v) is 4.20. The van der Waals surface area contributed by atoms with Gasteiger partial charge >= 0.3 is 0 Å². The Morgan fingerprint density at radius 1 is 1.44 bits per heavy atom. The van der Waals surface area contributed by atoms with Gasteiger partial charge in [0.05, 0.1) is 24.6 Å². The van der Waals surface area contributed by atoms with E-state index in [-0.39, 0.29) is 0 Å². The molecule has 0 fully saturated rings. The lowest BCUT2D eigenvalue weighted by Crippen LogP contribution is -2.31. The van der Waals surface area contributed by atoms with E-state index in [9.17, 15) is 10.2 Å². The Labute approximate surface area is 106 Å². The fraction of sp³-hybridized carbons (Fsp3) is 0.727. The SMILES string of the molecule is CCCn1ncc(N)c1NCCC(O)C(O)CO. The van der Waals surface area contributed by atoms with Crippen LogP contribution in [0.25, 0.3) is 0 Å². The standard InChI is InChI=1S/C11H22N4O3/c1-2-5-15-11(8(12)6-14-15)13-4-3-9(17)10(18)7-16/h6,9-10,13,16-18H,2-5,7,12H2,1H3. The zero-order chi connectivity index (χ0) is 13.5. The Bertz CT molecular complexity index is 356. The van der Waals surface area contributed by atoms with E-state index in [0.29, 0.717) is 18.7 Å². The number of aliphatic hydroxyl groups is 3. The molecule has 0 saturated heterocycles. The maximum absolute atomic E-state index is 9.48. The molecule has 0 aliphatic rings. The molecule has 104 valence electrons. The minimum atomic E-state index is -1.11. The third-order valence-electron chi connectivity index (χ3n) is 2.67. The van der Waals surface area contributed by atoms with Crippen LogP contribution in [0.5, 0.6) is 0 Å². The van der Waals surface area contributed by atoms with Gasteiger partial charge in [0.2, 0.25) is 0 Å². The number of hydrogen-bond acceptors (Lipinski definition) is 6. The molecule has 2 atom stereocenters. The Balaban J connectivity index is 2.45. The highest BCUT2D eigenvalue weighted by Gasteiger charge is 2.15. The molecule has 0 aliphatic heterocycles. The van der Waals surface area contributed by atoms with Crippen molar-refractivity contribution in [2.45, 2.75) is 38.5 Å². The summed E-state index contributed by atoms with van der Waals surface area (Å²) in [6.07, 6.45) is 0.785. The van der Waals surface area contributed by atoms with Crippen LogP contribution >= 0.6 is 0 Å². The second-order valence-electron chi connectivity index (χ2n) is 4.20. The lowest BCUT2D eigenvalue weighted by molar-refractivity contribution is -0.0158. The Morgan fingerprint density at radius 3 is 2.78 bits per heavy atom. The molecule has 0 spiro atoms. The van der Waals surface area contributed by atoms with Crippen molar-refractivity contribution >= 4 is 11.5 Å². The van der Waals surface area contributed by atoms with Crippen molar-refractivity contribution in [2.24, 2.45) is 0 Å². The summed E-state index contributed by atoms with van der Waals surface area (Å²) in [5, 5.41) is 34.6. The van der Waals surface area contributed by atoms with Crippen LogP contribution in [0.4, 0.5) is 11.5 Å². The van der Waals surface area contributed by atoms with Gasteiger partial charge in [0.1, 0.15) is 11.9 Å². The predicted octanol–water partition coefficient (Wildman–Crippen LogP) is -0.609. The minimum Gasteiger partial charge on any atom is -0.394 e. The Kier molecular flexibility index (Phi) is 5.90. The Morgan fingerprint density at radius 2 is 2.17 bits per heavy atom. The van der Waals surface area contributed by atoms with Gasteiger partial charge in [-0.3, -0.25) is 0 Å². The predicted molar refractivity (Wildman–Crippen MR) is 69.1 cm³/mol. The van der Waals surface area contributed by atoms with Crippen LogP contribution in [-0.4, -0.2) is 50.5 Å². The van der Waals surface area contributed by atoms with Crippen molar-refractivity contribution in [1.29, 1.82) is 0 Å². The maximum atomic E-state index is 9.48. The molecule has 0 radical (unpaired) electrons. The van der Waals surface area contributed by atoms with Crippen LogP contribution in [0, 0.1) is 0 Å². The lowest BCUT2D eigenvalue weighted by atomic mass is 10.1. The van der Waals surface area contributed by atoms with Gasteiger partial charge in [-0.25, -0.2) is 4.68 Å². The summed E-state index contributed by atoms with van der Waals surface area (Å²) in [5.41, 5.74) is 6.33. The average molecular weight is 258 g/mol. The molecular weight excluding hydrogens is 236 g/mol. The van der Waals surface area contributed by atoms with Gasteiger partial charge in [-0.05, 0) is 12.8 Å². The highest BCUT2D eigenvalue weighted by atomic mass is 16.4. The van der Waals surface area contributed by atoms with E-state index >= 15 is 0 Å². The van der Waals surface area contributed by atoms with E-state index in [1.807, 2.05) is 6.92 Å². The van der Waals surface area contributed by atoms with Crippen molar-refractivity contribution < 1.29 is 15.3 Å². The zero-order valence-electron chi connectivity index (χ0n) is 10.6. The number of rotatable bonds is 8. The van der Waals surface area contributed by atoms with Crippen molar-refractivity contribution in [1.82, 2.24) is 9.78 Å². The van der Waals surface area contributed by atoms with Crippen molar-refractivity contribution in [3.63, 3.8) is 0 Å². The van der Waals surface area contributed by atoms with Crippen LogP contribution in [0.15, 0.2) is 6.20 Å². The number of aromatic nitrogens is 2. The van der Waals surface area contributed by atoms with Gasteiger partial charge in [0.15, 0.2) is 0 Å². The first-order chi connectivity index (χ1) is 8.60. The first-order valence-corrected chi connectivity index (χ1v) is 6.12. The molecule has 0 aromatic carbocycles. The first kappa shape index (κ1) is 14.7. The minimum absolute atomic E-state index is 0.318. The summed E-state index contributed by atoms with van der Waals surface area (Å²) >= 11 is 0. The number of hydrogen-bond donors (Lipinski definition) is 5. The quantitative estimate of drug-likeness (QED) is 0.425. The van der Waals surface area contributed by atoms with Crippen LogP contribution in [0.3, 0.4) is 0 Å². The number of nitrogen functional groups attached to an aromatic ring is 1. The number of nitrogens with two attached hydrogens (primary N) is 1. The lowest BCUT2D eigenvalue weighted by Gasteiger charge is -2.16. The monoisotopic (exact) mass is 258 g/mol. The average Bonchev–Trinajstić information content (AvgIpc) is 2.70. The largest absolute Gasteiger partial charge is 0.394 e. The number of anilines is 2. The second kappa shape index (κ2) is 7.20. The molecule has 1 heterocycles. The van der Waals surface area contributed by atoms with E-state index < -0.39 is 18.8 Å². The van der Waals surface area contributed by atoms with Gasteiger partial charge in [-0.1, -0.05) is 6.92 Å². The van der Waals surface area contributed by atoms with Crippen LogP contribution in [0.2, 0.25) is 0 Å². The zero-order valence-corrected chi connectivity index (χ0v) is 10.6. The maximum Gasteiger partial charge on any atom is 0.147 e. The van der Waals surface area contributed by atoms with Crippen LogP contribution in [0.1, 0.15) is 19.8 Å². The number of nitrogens with zero attached hydrogens (tertiary/aromatic N) is 2. The smallest absolute Gasteiger partial charge is 0.147 e. The van der Waals surface area contributed by atoms with E-state index in [1.165, 1.54) is 0 Å². The van der Waals surface area contributed by atoms with Crippen LogP contribution < -0.4 is 11.1 Å². The molecule has 6 N–H and O–H groups in total. The Hall–Kier alpha value is -1.31. The summed E-state index contributed by atoms with van der Waals surface area (Å²) < 4.78 is 1.77. The molecule has 0 saturated carbocycles. The number of nitrogens with one attached hydrogen (secondary N) is 1. The molecule has 2 unspecified atom stereocenters. The van der Waals surface area contributed by atoms with Crippen LogP contribution in [-0.2, 0) is 6.54 Å². The highest BCUT2D eigenvalue weighted by molar-refractivity contribution is 5.60. The molecule has 18 heavy (non-hydrogen) atoms. The van der Waals surface area contributed by atoms with E-state index in [4.69, 9.17) is 10.8 Å². The fourth-order valence-electron chi connectivity index (χ4n) is 1.63. The number of aliphatic hydroxyl groups excluding tert-OH is 3. The molecule has 0 amide bonds. The fourth-order valence-corrected chi connectivity index (χ4v) is 1.63. The summed E-state index contributed by atoms with van der Waals surface area (Å²) in [7, 11) is 0. The third-order valence-corrected chi connectivity index (χ3v) is 2.67. The third kappa shape index (κ3) is 3.86. The molecule has 7 nitrogen and oxygen atoms in total.